The number of carbonyl (C=O) groups excluding carboxylic acids is 1. The van der Waals surface area contributed by atoms with Gasteiger partial charge in [-0.2, -0.15) is 4.98 Å². The molecular weight excluding hydrogens is 368 g/mol. The van der Waals surface area contributed by atoms with Gasteiger partial charge in [0.05, 0.1) is 31.4 Å². The fourth-order valence-corrected chi connectivity index (χ4v) is 2.61. The normalized spacial score (nSPS) is 10.0. The van der Waals surface area contributed by atoms with Gasteiger partial charge in [-0.25, -0.2) is 4.98 Å². The molecule has 7 nitrogen and oxygen atoms in total. The molecule has 29 heavy (non-hydrogen) atoms. The molecule has 1 heterocycles. The summed E-state index contributed by atoms with van der Waals surface area (Å²) < 4.78 is 10.2. The average molecular weight is 396 g/mol. The van der Waals surface area contributed by atoms with Gasteiger partial charge in [-0.15, -0.1) is 0 Å². The van der Waals surface area contributed by atoms with Crippen LogP contribution in [-0.2, 0) is 16.0 Å². The van der Waals surface area contributed by atoms with Crippen LogP contribution in [0.4, 0.5) is 11.8 Å². The van der Waals surface area contributed by atoms with E-state index in [4.69, 9.17) is 15.2 Å². The van der Waals surface area contributed by atoms with Crippen LogP contribution < -0.4 is 15.8 Å². The highest BCUT2D eigenvalue weighted by Crippen LogP contribution is 2.19. The average Bonchev–Trinajstić information content (AvgIpc) is 2.72. The summed E-state index contributed by atoms with van der Waals surface area (Å²) in [5, 5.41) is 3.29. The van der Waals surface area contributed by atoms with Gasteiger partial charge >= 0.3 is 5.97 Å². The summed E-state index contributed by atoms with van der Waals surface area (Å²) in [7, 11) is 1.62. The summed E-state index contributed by atoms with van der Waals surface area (Å²) >= 11 is 0. The summed E-state index contributed by atoms with van der Waals surface area (Å²) in [6, 6.07) is 7.47. The molecule has 0 spiro atoms. The molecule has 0 atom stereocenters. The van der Waals surface area contributed by atoms with E-state index in [-0.39, 0.29) is 18.3 Å². The van der Waals surface area contributed by atoms with Gasteiger partial charge in [0.15, 0.2) is 0 Å². The lowest BCUT2D eigenvalue weighted by molar-refractivity contribution is -0.143. The number of hydrogen-bond acceptors (Lipinski definition) is 7. The molecule has 3 N–H and O–H groups in total. The van der Waals surface area contributed by atoms with Crippen LogP contribution >= 0.6 is 0 Å². The molecular formula is C22H28N4O3. The van der Waals surface area contributed by atoms with E-state index < -0.39 is 0 Å². The molecule has 0 unspecified atom stereocenters. The zero-order valence-electron chi connectivity index (χ0n) is 17.2. The number of carbonyl (C=O) groups is 1. The molecule has 0 saturated carbocycles. The third kappa shape index (κ3) is 7.00. The number of nitrogens with one attached hydrogen (secondary N) is 1. The lowest BCUT2D eigenvalue weighted by Crippen LogP contribution is -2.13. The molecule has 1 aromatic carbocycles. The van der Waals surface area contributed by atoms with Gasteiger partial charge in [-0.05, 0) is 37.6 Å². The molecule has 0 bridgehead atoms. The molecule has 0 amide bonds. The monoisotopic (exact) mass is 396 g/mol. The van der Waals surface area contributed by atoms with E-state index in [0.717, 1.165) is 30.7 Å². The van der Waals surface area contributed by atoms with Gasteiger partial charge in [0.2, 0.25) is 5.95 Å². The molecule has 2 aromatic rings. The van der Waals surface area contributed by atoms with Crippen molar-refractivity contribution in [3.8, 4) is 17.6 Å². The fourth-order valence-electron chi connectivity index (χ4n) is 2.61. The standard InChI is InChI=1S/C22H28N4O3/c1-4-6-15-24-21-18(12-9-16-7-10-17(28-3)11-8-16)19(25-22(23)26-21)13-14-20(27)29-5-2/h7-8,10-11H,4-6,13-15H2,1-3H3,(H3,23,24,25,26). The predicted octanol–water partition coefficient (Wildman–Crippen LogP) is 3.17. The highest BCUT2D eigenvalue weighted by Gasteiger charge is 2.14. The minimum Gasteiger partial charge on any atom is -0.497 e. The van der Waals surface area contributed by atoms with E-state index in [9.17, 15) is 4.79 Å². The van der Waals surface area contributed by atoms with Crippen molar-refractivity contribution in [3.05, 3.63) is 41.1 Å². The third-order valence-electron chi connectivity index (χ3n) is 4.12. The van der Waals surface area contributed by atoms with Gasteiger partial charge in [-0.3, -0.25) is 4.79 Å². The summed E-state index contributed by atoms with van der Waals surface area (Å²) in [5.74, 6) is 7.52. The van der Waals surface area contributed by atoms with Crippen molar-refractivity contribution in [1.29, 1.82) is 0 Å². The smallest absolute Gasteiger partial charge is 0.306 e. The van der Waals surface area contributed by atoms with E-state index in [1.807, 2.05) is 24.3 Å². The number of aryl methyl sites for hydroxylation is 1. The van der Waals surface area contributed by atoms with Crippen molar-refractivity contribution in [2.45, 2.75) is 39.5 Å². The van der Waals surface area contributed by atoms with Crippen LogP contribution in [0.25, 0.3) is 0 Å². The summed E-state index contributed by atoms with van der Waals surface area (Å²) in [6.45, 7) is 4.99. The van der Waals surface area contributed by atoms with E-state index in [1.54, 1.807) is 14.0 Å². The minimum absolute atomic E-state index is 0.151. The van der Waals surface area contributed by atoms with E-state index in [2.05, 4.69) is 34.0 Å². The molecule has 0 fully saturated rings. The highest BCUT2D eigenvalue weighted by atomic mass is 16.5. The van der Waals surface area contributed by atoms with Crippen LogP contribution in [0.5, 0.6) is 5.75 Å². The highest BCUT2D eigenvalue weighted by molar-refractivity contribution is 5.70. The first-order chi connectivity index (χ1) is 14.1. The first kappa shape index (κ1) is 22.0. The maximum absolute atomic E-state index is 11.8. The Balaban J connectivity index is 2.35. The largest absolute Gasteiger partial charge is 0.497 e. The molecule has 0 radical (unpaired) electrons. The number of nitrogen functional groups attached to an aromatic ring is 1. The van der Waals surface area contributed by atoms with Gasteiger partial charge in [0.25, 0.3) is 0 Å². The Bertz CT molecular complexity index is 870. The Kier molecular flexibility index (Phi) is 8.77. The molecule has 154 valence electrons. The van der Waals surface area contributed by atoms with E-state index >= 15 is 0 Å². The Morgan fingerprint density at radius 2 is 1.93 bits per heavy atom. The number of nitrogens with two attached hydrogens (primary N) is 1. The SMILES string of the molecule is CCCCNc1nc(N)nc(CCC(=O)OCC)c1C#Cc1ccc(OC)cc1. The number of unbranched alkanes of at least 4 members (excludes halogenated alkanes) is 1. The number of esters is 1. The summed E-state index contributed by atoms with van der Waals surface area (Å²) in [4.78, 5) is 20.4. The third-order valence-corrected chi connectivity index (χ3v) is 4.12. The second kappa shape index (κ2) is 11.5. The molecule has 0 aliphatic rings. The van der Waals surface area contributed by atoms with E-state index in [1.165, 1.54) is 0 Å². The molecule has 2 rings (SSSR count). The van der Waals surface area contributed by atoms with Crippen LogP contribution in [0.3, 0.4) is 0 Å². The number of ether oxygens (including phenoxy) is 2. The molecule has 0 aliphatic heterocycles. The Morgan fingerprint density at radius 1 is 1.17 bits per heavy atom. The van der Waals surface area contributed by atoms with Gasteiger partial charge in [0.1, 0.15) is 11.6 Å². The van der Waals surface area contributed by atoms with Crippen molar-refractivity contribution in [1.82, 2.24) is 9.97 Å². The van der Waals surface area contributed by atoms with Gasteiger partial charge < -0.3 is 20.5 Å². The van der Waals surface area contributed by atoms with Crippen LogP contribution in [0.1, 0.15) is 49.9 Å². The second-order valence-corrected chi connectivity index (χ2v) is 6.32. The Labute approximate surface area is 172 Å². The van der Waals surface area contributed by atoms with Crippen molar-refractivity contribution >= 4 is 17.7 Å². The maximum Gasteiger partial charge on any atom is 0.306 e. The topological polar surface area (TPSA) is 99.4 Å². The van der Waals surface area contributed by atoms with Gasteiger partial charge in [0, 0.05) is 18.5 Å². The van der Waals surface area contributed by atoms with Crippen molar-refractivity contribution < 1.29 is 14.3 Å². The Hall–Kier alpha value is -3.27. The quantitative estimate of drug-likeness (QED) is 0.381. The number of nitrogens with zero attached hydrogens (tertiary/aromatic N) is 2. The first-order valence-corrected chi connectivity index (χ1v) is 9.79. The lowest BCUT2D eigenvalue weighted by atomic mass is 10.1. The number of aromatic nitrogens is 2. The van der Waals surface area contributed by atoms with Crippen molar-refractivity contribution in [2.75, 3.05) is 31.3 Å². The Morgan fingerprint density at radius 3 is 2.59 bits per heavy atom. The molecule has 7 heteroatoms. The lowest BCUT2D eigenvalue weighted by Gasteiger charge is -2.12. The molecule has 0 aliphatic carbocycles. The van der Waals surface area contributed by atoms with Gasteiger partial charge in [-0.1, -0.05) is 25.2 Å². The van der Waals surface area contributed by atoms with E-state index in [0.29, 0.717) is 30.1 Å². The second-order valence-electron chi connectivity index (χ2n) is 6.32. The van der Waals surface area contributed by atoms with Crippen LogP contribution in [0.15, 0.2) is 24.3 Å². The number of benzene rings is 1. The predicted molar refractivity (Wildman–Crippen MR) is 114 cm³/mol. The summed E-state index contributed by atoms with van der Waals surface area (Å²) in [6.07, 6.45) is 2.63. The zero-order chi connectivity index (χ0) is 21.1. The van der Waals surface area contributed by atoms with Crippen LogP contribution in [-0.4, -0.2) is 36.2 Å². The van der Waals surface area contributed by atoms with Crippen LogP contribution in [0.2, 0.25) is 0 Å². The number of methoxy groups -OCH3 is 1. The summed E-state index contributed by atoms with van der Waals surface area (Å²) in [5.41, 5.74) is 8.01. The number of anilines is 2. The first-order valence-electron chi connectivity index (χ1n) is 9.79. The molecule has 1 aromatic heterocycles. The van der Waals surface area contributed by atoms with Crippen molar-refractivity contribution in [3.63, 3.8) is 0 Å². The zero-order valence-corrected chi connectivity index (χ0v) is 17.2. The minimum atomic E-state index is -0.278. The number of rotatable bonds is 9. The molecule has 0 saturated heterocycles. The van der Waals surface area contributed by atoms with Crippen LogP contribution in [0, 0.1) is 11.8 Å². The maximum atomic E-state index is 11.8. The number of hydrogen-bond donors (Lipinski definition) is 2. The fraction of sp³-hybridized carbons (Fsp3) is 0.409. The van der Waals surface area contributed by atoms with Crippen molar-refractivity contribution in [2.24, 2.45) is 0 Å².